The first-order valence-electron chi connectivity index (χ1n) is 6.59. The molecule has 1 fully saturated rings. The third kappa shape index (κ3) is 4.16. The lowest BCUT2D eigenvalue weighted by molar-refractivity contribution is -0.145. The number of carbonyl (C=O) groups excluding carboxylic acids is 2. The summed E-state index contributed by atoms with van der Waals surface area (Å²) in [6, 6.07) is 5.52. The number of methoxy groups -OCH3 is 1. The van der Waals surface area contributed by atoms with Crippen LogP contribution in [0.25, 0.3) is 0 Å². The van der Waals surface area contributed by atoms with E-state index in [2.05, 4.69) is 10.1 Å². The molecule has 21 heavy (non-hydrogen) atoms. The normalized spacial score (nSPS) is 18.2. The van der Waals surface area contributed by atoms with Gasteiger partial charge in [0.15, 0.2) is 0 Å². The Labute approximate surface area is 121 Å². The SMILES string of the molecule is COC(=O)CC1CN(C(=O)Nc2ccccc2F)CCO1. The summed E-state index contributed by atoms with van der Waals surface area (Å²) in [7, 11) is 1.30. The Kier molecular flexibility index (Phi) is 5.10. The predicted molar refractivity (Wildman–Crippen MR) is 73.4 cm³/mol. The minimum absolute atomic E-state index is 0.0833. The number of para-hydroxylation sites is 1. The van der Waals surface area contributed by atoms with Gasteiger partial charge in [0.25, 0.3) is 0 Å². The number of esters is 1. The van der Waals surface area contributed by atoms with E-state index in [0.717, 1.165) is 0 Å². The number of hydrogen-bond acceptors (Lipinski definition) is 4. The van der Waals surface area contributed by atoms with Crippen LogP contribution in [0.4, 0.5) is 14.9 Å². The summed E-state index contributed by atoms with van der Waals surface area (Å²) in [6.07, 6.45) is -0.322. The second-order valence-electron chi connectivity index (χ2n) is 4.63. The number of ether oxygens (including phenoxy) is 2. The van der Waals surface area contributed by atoms with Gasteiger partial charge in [0.05, 0.1) is 31.9 Å². The van der Waals surface area contributed by atoms with Crippen LogP contribution in [0.15, 0.2) is 24.3 Å². The lowest BCUT2D eigenvalue weighted by atomic mass is 10.2. The van der Waals surface area contributed by atoms with E-state index in [1.807, 2.05) is 0 Å². The zero-order chi connectivity index (χ0) is 15.2. The lowest BCUT2D eigenvalue weighted by Crippen LogP contribution is -2.48. The number of amides is 2. The Bertz CT molecular complexity index is 523. The first kappa shape index (κ1) is 15.2. The largest absolute Gasteiger partial charge is 0.469 e. The van der Waals surface area contributed by atoms with E-state index in [0.29, 0.717) is 13.2 Å². The van der Waals surface area contributed by atoms with Gasteiger partial charge < -0.3 is 19.7 Å². The molecule has 0 spiro atoms. The number of hydrogen-bond donors (Lipinski definition) is 1. The van der Waals surface area contributed by atoms with Crippen LogP contribution in [0.3, 0.4) is 0 Å². The van der Waals surface area contributed by atoms with E-state index >= 15 is 0 Å². The van der Waals surface area contributed by atoms with Crippen LogP contribution in [-0.2, 0) is 14.3 Å². The number of urea groups is 1. The number of rotatable bonds is 3. The summed E-state index contributed by atoms with van der Waals surface area (Å²) in [6.45, 7) is 0.972. The Morgan fingerprint density at radius 3 is 2.95 bits per heavy atom. The van der Waals surface area contributed by atoms with Crippen molar-refractivity contribution in [3.8, 4) is 0 Å². The molecule has 1 heterocycles. The van der Waals surface area contributed by atoms with Crippen molar-refractivity contribution in [2.75, 3.05) is 32.1 Å². The van der Waals surface area contributed by atoms with Gasteiger partial charge in [-0.1, -0.05) is 12.1 Å². The van der Waals surface area contributed by atoms with Crippen molar-refractivity contribution in [3.05, 3.63) is 30.1 Å². The molecule has 2 rings (SSSR count). The van der Waals surface area contributed by atoms with E-state index < -0.39 is 23.9 Å². The van der Waals surface area contributed by atoms with Gasteiger partial charge in [-0.25, -0.2) is 9.18 Å². The molecule has 1 atom stereocenters. The van der Waals surface area contributed by atoms with E-state index in [1.165, 1.54) is 24.1 Å². The minimum Gasteiger partial charge on any atom is -0.469 e. The number of nitrogens with zero attached hydrogens (tertiary/aromatic N) is 1. The fourth-order valence-electron chi connectivity index (χ4n) is 2.05. The van der Waals surface area contributed by atoms with Crippen molar-refractivity contribution in [1.29, 1.82) is 0 Å². The molecule has 2 amide bonds. The maximum absolute atomic E-state index is 13.5. The lowest BCUT2D eigenvalue weighted by Gasteiger charge is -2.32. The van der Waals surface area contributed by atoms with Gasteiger partial charge >= 0.3 is 12.0 Å². The fraction of sp³-hybridized carbons (Fsp3) is 0.429. The van der Waals surface area contributed by atoms with Crippen molar-refractivity contribution in [3.63, 3.8) is 0 Å². The third-order valence-corrected chi connectivity index (χ3v) is 3.16. The number of anilines is 1. The molecule has 1 unspecified atom stereocenters. The number of halogens is 1. The topological polar surface area (TPSA) is 67.9 Å². The summed E-state index contributed by atoms with van der Waals surface area (Å²) in [5.41, 5.74) is 0.124. The van der Waals surface area contributed by atoms with Crippen molar-refractivity contribution in [2.24, 2.45) is 0 Å². The van der Waals surface area contributed by atoms with E-state index in [4.69, 9.17) is 4.74 Å². The molecule has 114 valence electrons. The molecule has 1 aromatic carbocycles. The van der Waals surface area contributed by atoms with Gasteiger partial charge in [-0.05, 0) is 12.1 Å². The molecule has 1 saturated heterocycles. The Balaban J connectivity index is 1.93. The third-order valence-electron chi connectivity index (χ3n) is 3.16. The number of carbonyl (C=O) groups is 2. The highest BCUT2D eigenvalue weighted by molar-refractivity contribution is 5.89. The molecule has 0 aliphatic carbocycles. The van der Waals surface area contributed by atoms with Crippen molar-refractivity contribution in [2.45, 2.75) is 12.5 Å². The minimum atomic E-state index is -0.495. The highest BCUT2D eigenvalue weighted by Crippen LogP contribution is 2.15. The first-order chi connectivity index (χ1) is 10.1. The molecule has 0 radical (unpaired) electrons. The summed E-state index contributed by atoms with van der Waals surface area (Å²) < 4.78 is 23.5. The van der Waals surface area contributed by atoms with Crippen LogP contribution in [0.5, 0.6) is 0 Å². The van der Waals surface area contributed by atoms with Gasteiger partial charge in [0.1, 0.15) is 5.82 Å². The molecule has 1 aromatic rings. The molecule has 0 saturated carbocycles. The second-order valence-corrected chi connectivity index (χ2v) is 4.63. The Hall–Kier alpha value is -2.15. The molecule has 0 aromatic heterocycles. The summed E-state index contributed by atoms with van der Waals surface area (Å²) in [4.78, 5) is 24.8. The van der Waals surface area contributed by atoms with Crippen molar-refractivity contribution in [1.82, 2.24) is 4.90 Å². The monoisotopic (exact) mass is 296 g/mol. The summed E-state index contributed by atoms with van der Waals surface area (Å²) >= 11 is 0. The van der Waals surface area contributed by atoms with Gasteiger partial charge in [-0.3, -0.25) is 4.79 Å². The quantitative estimate of drug-likeness (QED) is 0.861. The average molecular weight is 296 g/mol. The van der Waals surface area contributed by atoms with Crippen LogP contribution in [-0.4, -0.2) is 49.8 Å². The molecular formula is C14H17FN2O4. The predicted octanol–water partition coefficient (Wildman–Crippen LogP) is 1.62. The van der Waals surface area contributed by atoms with E-state index in [9.17, 15) is 14.0 Å². The highest BCUT2D eigenvalue weighted by Gasteiger charge is 2.26. The second kappa shape index (κ2) is 7.03. The number of benzene rings is 1. The maximum Gasteiger partial charge on any atom is 0.322 e. The average Bonchev–Trinajstić information content (AvgIpc) is 2.49. The van der Waals surface area contributed by atoms with E-state index in [1.54, 1.807) is 12.1 Å². The van der Waals surface area contributed by atoms with E-state index in [-0.39, 0.29) is 18.7 Å². The maximum atomic E-state index is 13.5. The smallest absolute Gasteiger partial charge is 0.322 e. The van der Waals surface area contributed by atoms with Crippen LogP contribution in [0.2, 0.25) is 0 Å². The van der Waals surface area contributed by atoms with Crippen molar-refractivity contribution < 1.29 is 23.5 Å². The molecule has 7 heteroatoms. The zero-order valence-electron chi connectivity index (χ0n) is 11.7. The zero-order valence-corrected chi connectivity index (χ0v) is 11.7. The standard InChI is InChI=1S/C14H17FN2O4/c1-20-13(18)8-10-9-17(6-7-21-10)14(19)16-12-5-3-2-4-11(12)15/h2-5,10H,6-9H2,1H3,(H,16,19). The van der Waals surface area contributed by atoms with Gasteiger partial charge in [-0.2, -0.15) is 0 Å². The number of nitrogens with one attached hydrogen (secondary N) is 1. The molecule has 1 N–H and O–H groups in total. The van der Waals surface area contributed by atoms with Crippen LogP contribution in [0, 0.1) is 5.82 Å². The van der Waals surface area contributed by atoms with Crippen LogP contribution >= 0.6 is 0 Å². The van der Waals surface area contributed by atoms with Crippen LogP contribution in [0.1, 0.15) is 6.42 Å². The summed E-state index contributed by atoms with van der Waals surface area (Å²) in [5.74, 6) is -0.887. The molecule has 1 aliphatic heterocycles. The first-order valence-corrected chi connectivity index (χ1v) is 6.59. The molecule has 0 bridgehead atoms. The fourth-order valence-corrected chi connectivity index (χ4v) is 2.05. The molecular weight excluding hydrogens is 279 g/mol. The Morgan fingerprint density at radius 2 is 2.24 bits per heavy atom. The Morgan fingerprint density at radius 1 is 1.48 bits per heavy atom. The van der Waals surface area contributed by atoms with Gasteiger partial charge in [-0.15, -0.1) is 0 Å². The number of morpholine rings is 1. The van der Waals surface area contributed by atoms with Crippen molar-refractivity contribution >= 4 is 17.7 Å². The van der Waals surface area contributed by atoms with Gasteiger partial charge in [0, 0.05) is 13.1 Å². The van der Waals surface area contributed by atoms with Crippen LogP contribution < -0.4 is 5.32 Å². The molecule has 1 aliphatic rings. The highest BCUT2D eigenvalue weighted by atomic mass is 19.1. The summed E-state index contributed by atoms with van der Waals surface area (Å²) in [5, 5.41) is 2.51. The molecule has 6 nitrogen and oxygen atoms in total. The van der Waals surface area contributed by atoms with Gasteiger partial charge in [0.2, 0.25) is 0 Å².